The zero-order valence-corrected chi connectivity index (χ0v) is 12.3. The molecular formula is C16H25N3O. The number of hydrogen-bond acceptors (Lipinski definition) is 3. The molecule has 1 aliphatic rings. The fourth-order valence-electron chi connectivity index (χ4n) is 2.70. The highest BCUT2D eigenvalue weighted by Gasteiger charge is 2.22. The van der Waals surface area contributed by atoms with Gasteiger partial charge in [0.15, 0.2) is 0 Å². The Balaban J connectivity index is 1.64. The van der Waals surface area contributed by atoms with Crippen LogP contribution in [0.2, 0.25) is 0 Å². The van der Waals surface area contributed by atoms with Crippen LogP contribution < -0.4 is 10.6 Å². The van der Waals surface area contributed by atoms with E-state index in [-0.39, 0.29) is 5.91 Å². The lowest BCUT2D eigenvalue weighted by atomic mass is 10.1. The third-order valence-corrected chi connectivity index (χ3v) is 3.85. The van der Waals surface area contributed by atoms with Gasteiger partial charge in [0.1, 0.15) is 0 Å². The number of nitrogens with one attached hydrogen (secondary N) is 2. The molecule has 1 aliphatic heterocycles. The number of nitrogens with zero attached hydrogens (tertiary/aromatic N) is 1. The average Bonchev–Trinajstić information content (AvgIpc) is 2.92. The summed E-state index contributed by atoms with van der Waals surface area (Å²) in [6.45, 7) is 4.59. The van der Waals surface area contributed by atoms with Crippen molar-refractivity contribution < 1.29 is 4.79 Å². The second-order valence-corrected chi connectivity index (χ2v) is 5.53. The Morgan fingerprint density at radius 3 is 2.90 bits per heavy atom. The summed E-state index contributed by atoms with van der Waals surface area (Å²) >= 11 is 0. The number of carbonyl (C=O) groups excluding carboxylic acids is 1. The zero-order valence-electron chi connectivity index (χ0n) is 12.3. The second-order valence-electron chi connectivity index (χ2n) is 5.53. The molecule has 1 atom stereocenters. The normalized spacial score (nSPS) is 19.1. The fourth-order valence-corrected chi connectivity index (χ4v) is 2.70. The number of amides is 1. The lowest BCUT2D eigenvalue weighted by Gasteiger charge is -2.16. The first-order valence-electron chi connectivity index (χ1n) is 7.45. The lowest BCUT2D eigenvalue weighted by molar-refractivity contribution is -0.120. The van der Waals surface area contributed by atoms with Gasteiger partial charge in [0.2, 0.25) is 5.91 Å². The van der Waals surface area contributed by atoms with Crippen molar-refractivity contribution in [2.75, 3.05) is 39.8 Å². The molecule has 1 aromatic rings. The monoisotopic (exact) mass is 275 g/mol. The molecule has 0 bridgehead atoms. The summed E-state index contributed by atoms with van der Waals surface area (Å²) < 4.78 is 0. The first-order chi connectivity index (χ1) is 9.78. The molecule has 0 radical (unpaired) electrons. The third kappa shape index (κ3) is 4.94. The zero-order chi connectivity index (χ0) is 14.2. The van der Waals surface area contributed by atoms with Gasteiger partial charge in [-0.05, 0) is 37.9 Å². The van der Waals surface area contributed by atoms with E-state index < -0.39 is 0 Å². The summed E-state index contributed by atoms with van der Waals surface area (Å²) in [7, 11) is 1.79. The van der Waals surface area contributed by atoms with E-state index >= 15 is 0 Å². The third-order valence-electron chi connectivity index (χ3n) is 3.85. The number of rotatable bonds is 7. The molecule has 4 heteroatoms. The molecule has 110 valence electrons. The SMILES string of the molecule is CNCC(=O)NCC1CCN(CCc2ccccc2)C1. The minimum absolute atomic E-state index is 0.0928. The molecule has 20 heavy (non-hydrogen) atoms. The van der Waals surface area contributed by atoms with E-state index in [4.69, 9.17) is 0 Å². The number of carbonyl (C=O) groups is 1. The van der Waals surface area contributed by atoms with E-state index in [1.165, 1.54) is 12.0 Å². The predicted molar refractivity (Wildman–Crippen MR) is 81.6 cm³/mol. The quantitative estimate of drug-likeness (QED) is 0.777. The molecule has 1 aromatic carbocycles. The molecule has 0 aliphatic carbocycles. The van der Waals surface area contributed by atoms with Crippen molar-refractivity contribution in [3.63, 3.8) is 0 Å². The van der Waals surface area contributed by atoms with Gasteiger partial charge < -0.3 is 15.5 Å². The number of likely N-dealkylation sites (N-methyl/N-ethyl adjacent to an activating group) is 1. The van der Waals surface area contributed by atoms with Crippen LogP contribution in [0, 0.1) is 5.92 Å². The minimum Gasteiger partial charge on any atom is -0.355 e. The molecule has 0 saturated carbocycles. The van der Waals surface area contributed by atoms with Gasteiger partial charge in [-0.25, -0.2) is 0 Å². The Labute approximate surface area is 121 Å². The topological polar surface area (TPSA) is 44.4 Å². The van der Waals surface area contributed by atoms with Crippen molar-refractivity contribution in [3.05, 3.63) is 35.9 Å². The van der Waals surface area contributed by atoms with Crippen LogP contribution in [0.15, 0.2) is 30.3 Å². The fraction of sp³-hybridized carbons (Fsp3) is 0.562. The van der Waals surface area contributed by atoms with Crippen molar-refractivity contribution >= 4 is 5.91 Å². The maximum absolute atomic E-state index is 11.4. The van der Waals surface area contributed by atoms with Gasteiger partial charge in [-0.3, -0.25) is 4.79 Å². The van der Waals surface area contributed by atoms with Crippen LogP contribution in [-0.4, -0.2) is 50.6 Å². The van der Waals surface area contributed by atoms with Crippen LogP contribution in [0.4, 0.5) is 0 Å². The Morgan fingerprint density at radius 1 is 1.35 bits per heavy atom. The molecule has 4 nitrogen and oxygen atoms in total. The molecule has 2 N–H and O–H groups in total. The maximum Gasteiger partial charge on any atom is 0.233 e. The summed E-state index contributed by atoms with van der Waals surface area (Å²) in [5.41, 5.74) is 1.40. The summed E-state index contributed by atoms with van der Waals surface area (Å²) in [6.07, 6.45) is 2.30. The van der Waals surface area contributed by atoms with Crippen molar-refractivity contribution in [1.29, 1.82) is 0 Å². The molecule has 1 fully saturated rings. The van der Waals surface area contributed by atoms with Crippen molar-refractivity contribution in [2.45, 2.75) is 12.8 Å². The molecule has 1 amide bonds. The van der Waals surface area contributed by atoms with E-state index in [2.05, 4.69) is 45.9 Å². The smallest absolute Gasteiger partial charge is 0.233 e. The van der Waals surface area contributed by atoms with Gasteiger partial charge in [0.05, 0.1) is 6.54 Å². The summed E-state index contributed by atoms with van der Waals surface area (Å²) in [5, 5.41) is 5.86. The minimum atomic E-state index is 0.0928. The summed E-state index contributed by atoms with van der Waals surface area (Å²) in [6, 6.07) is 10.6. The Kier molecular flexibility index (Phi) is 6.02. The molecule has 2 rings (SSSR count). The average molecular weight is 275 g/mol. The van der Waals surface area contributed by atoms with Gasteiger partial charge in [-0.2, -0.15) is 0 Å². The summed E-state index contributed by atoms with van der Waals surface area (Å²) in [5.74, 6) is 0.696. The van der Waals surface area contributed by atoms with Crippen molar-refractivity contribution in [3.8, 4) is 0 Å². The van der Waals surface area contributed by atoms with E-state index in [0.717, 1.165) is 32.6 Å². The standard InChI is InChI=1S/C16H25N3O/c1-17-12-16(20)18-11-15-8-10-19(13-15)9-7-14-5-3-2-4-6-14/h2-6,15,17H,7-13H2,1H3,(H,18,20). The summed E-state index contributed by atoms with van der Waals surface area (Å²) in [4.78, 5) is 13.9. The first-order valence-corrected chi connectivity index (χ1v) is 7.45. The maximum atomic E-state index is 11.4. The van der Waals surface area contributed by atoms with E-state index in [1.807, 2.05) is 0 Å². The predicted octanol–water partition coefficient (Wildman–Crippen LogP) is 0.887. The van der Waals surface area contributed by atoms with E-state index in [9.17, 15) is 4.79 Å². The Morgan fingerprint density at radius 2 is 2.15 bits per heavy atom. The van der Waals surface area contributed by atoms with Crippen LogP contribution in [0.25, 0.3) is 0 Å². The molecule has 1 heterocycles. The van der Waals surface area contributed by atoms with Gasteiger partial charge in [-0.15, -0.1) is 0 Å². The first kappa shape index (κ1) is 15.0. The van der Waals surface area contributed by atoms with Crippen LogP contribution in [-0.2, 0) is 11.2 Å². The largest absolute Gasteiger partial charge is 0.355 e. The van der Waals surface area contributed by atoms with Gasteiger partial charge in [0.25, 0.3) is 0 Å². The number of likely N-dealkylation sites (tertiary alicyclic amines) is 1. The lowest BCUT2D eigenvalue weighted by Crippen LogP contribution is -2.36. The molecule has 0 spiro atoms. The molecule has 0 aromatic heterocycles. The molecular weight excluding hydrogens is 250 g/mol. The molecule has 1 saturated heterocycles. The van der Waals surface area contributed by atoms with Gasteiger partial charge in [-0.1, -0.05) is 30.3 Å². The van der Waals surface area contributed by atoms with Crippen LogP contribution in [0.3, 0.4) is 0 Å². The van der Waals surface area contributed by atoms with Crippen LogP contribution >= 0.6 is 0 Å². The van der Waals surface area contributed by atoms with Crippen LogP contribution in [0.1, 0.15) is 12.0 Å². The second kappa shape index (κ2) is 8.02. The number of hydrogen-bond donors (Lipinski definition) is 2. The Hall–Kier alpha value is -1.39. The van der Waals surface area contributed by atoms with Gasteiger partial charge >= 0.3 is 0 Å². The van der Waals surface area contributed by atoms with E-state index in [0.29, 0.717) is 12.5 Å². The Bertz CT molecular complexity index is 407. The number of benzene rings is 1. The highest BCUT2D eigenvalue weighted by Crippen LogP contribution is 2.15. The van der Waals surface area contributed by atoms with Crippen molar-refractivity contribution in [2.24, 2.45) is 5.92 Å². The molecule has 1 unspecified atom stereocenters. The highest BCUT2D eigenvalue weighted by atomic mass is 16.1. The van der Waals surface area contributed by atoms with E-state index in [1.54, 1.807) is 7.05 Å². The van der Waals surface area contributed by atoms with Crippen LogP contribution in [0.5, 0.6) is 0 Å². The highest BCUT2D eigenvalue weighted by molar-refractivity contribution is 5.77. The van der Waals surface area contributed by atoms with Crippen molar-refractivity contribution in [1.82, 2.24) is 15.5 Å². The van der Waals surface area contributed by atoms with Gasteiger partial charge in [0, 0.05) is 19.6 Å².